The van der Waals surface area contributed by atoms with Gasteiger partial charge in [0.25, 0.3) is 0 Å². The van der Waals surface area contributed by atoms with Gasteiger partial charge in [0, 0.05) is 12.8 Å². The van der Waals surface area contributed by atoms with Crippen LogP contribution in [0, 0.1) is 11.8 Å². The van der Waals surface area contributed by atoms with Gasteiger partial charge >= 0.3 is 0 Å². The Labute approximate surface area is 62.8 Å². The second-order valence-corrected chi connectivity index (χ2v) is 3.56. The first-order valence-corrected chi connectivity index (χ1v) is 4.24. The molecule has 1 nitrogen and oxygen atoms in total. The molecule has 0 unspecified atom stereocenters. The second-order valence-electron chi connectivity index (χ2n) is 3.56. The SMILES string of the molecule is CC[C@@H]1CC(=O)C[C@@H](C)C1. The van der Waals surface area contributed by atoms with Crippen molar-refractivity contribution in [3.63, 3.8) is 0 Å². The van der Waals surface area contributed by atoms with Crippen molar-refractivity contribution >= 4 is 5.78 Å². The molecule has 2 atom stereocenters. The summed E-state index contributed by atoms with van der Waals surface area (Å²) in [6.45, 7) is 4.36. The van der Waals surface area contributed by atoms with Crippen molar-refractivity contribution in [2.45, 2.75) is 39.5 Å². The molecular formula is C9H16O. The molecule has 0 heterocycles. The zero-order valence-corrected chi connectivity index (χ0v) is 6.89. The lowest BCUT2D eigenvalue weighted by Crippen LogP contribution is -2.20. The fourth-order valence-corrected chi connectivity index (χ4v) is 1.84. The third-order valence-corrected chi connectivity index (χ3v) is 2.41. The lowest BCUT2D eigenvalue weighted by molar-refractivity contribution is -0.122. The fourth-order valence-electron chi connectivity index (χ4n) is 1.84. The normalized spacial score (nSPS) is 34.4. The van der Waals surface area contributed by atoms with E-state index in [1.165, 1.54) is 12.8 Å². The third-order valence-electron chi connectivity index (χ3n) is 2.41. The molecule has 1 fully saturated rings. The fraction of sp³-hybridized carbons (Fsp3) is 0.889. The largest absolute Gasteiger partial charge is 0.300 e. The monoisotopic (exact) mass is 140 g/mol. The zero-order valence-electron chi connectivity index (χ0n) is 6.89. The van der Waals surface area contributed by atoms with Crippen molar-refractivity contribution in [2.75, 3.05) is 0 Å². The van der Waals surface area contributed by atoms with Crippen LogP contribution in [0.5, 0.6) is 0 Å². The Kier molecular flexibility index (Phi) is 2.47. The molecule has 0 aromatic rings. The molecule has 1 saturated carbocycles. The predicted molar refractivity (Wildman–Crippen MR) is 41.8 cm³/mol. The quantitative estimate of drug-likeness (QED) is 0.546. The Hall–Kier alpha value is -0.330. The maximum Gasteiger partial charge on any atom is 0.133 e. The maximum absolute atomic E-state index is 11.0. The Morgan fingerprint density at radius 3 is 2.70 bits per heavy atom. The summed E-state index contributed by atoms with van der Waals surface area (Å²) < 4.78 is 0. The Bertz CT molecular complexity index is 129. The molecule has 1 rings (SSSR count). The van der Waals surface area contributed by atoms with Crippen molar-refractivity contribution < 1.29 is 4.79 Å². The first kappa shape index (κ1) is 7.77. The summed E-state index contributed by atoms with van der Waals surface area (Å²) in [6.07, 6.45) is 4.12. The zero-order chi connectivity index (χ0) is 7.56. The molecule has 0 spiro atoms. The molecule has 0 N–H and O–H groups in total. The van der Waals surface area contributed by atoms with Crippen LogP contribution in [0.1, 0.15) is 39.5 Å². The third kappa shape index (κ3) is 1.83. The van der Waals surface area contributed by atoms with Crippen LogP contribution in [0.4, 0.5) is 0 Å². The molecule has 0 aromatic heterocycles. The standard InChI is InChI=1S/C9H16O/c1-3-8-4-7(2)5-9(10)6-8/h7-8H,3-6H2,1-2H3/t7-,8-/m0/s1. The molecule has 10 heavy (non-hydrogen) atoms. The van der Waals surface area contributed by atoms with E-state index >= 15 is 0 Å². The van der Waals surface area contributed by atoms with Gasteiger partial charge in [0.15, 0.2) is 0 Å². The van der Waals surface area contributed by atoms with Gasteiger partial charge in [0.1, 0.15) is 5.78 Å². The molecule has 0 amide bonds. The van der Waals surface area contributed by atoms with E-state index in [1.807, 2.05) is 0 Å². The van der Waals surface area contributed by atoms with Crippen LogP contribution in [0.25, 0.3) is 0 Å². The Morgan fingerprint density at radius 2 is 2.20 bits per heavy atom. The highest BCUT2D eigenvalue weighted by molar-refractivity contribution is 5.79. The minimum atomic E-state index is 0.477. The van der Waals surface area contributed by atoms with Crippen LogP contribution >= 0.6 is 0 Å². The van der Waals surface area contributed by atoms with Gasteiger partial charge in [-0.3, -0.25) is 4.79 Å². The van der Waals surface area contributed by atoms with Crippen LogP contribution in [0.15, 0.2) is 0 Å². The van der Waals surface area contributed by atoms with Crippen LogP contribution < -0.4 is 0 Å². The molecule has 0 aromatic carbocycles. The summed E-state index contributed by atoms with van der Waals surface area (Å²) in [5.74, 6) is 1.81. The average Bonchev–Trinajstić information content (AvgIpc) is 1.85. The van der Waals surface area contributed by atoms with Gasteiger partial charge in [-0.25, -0.2) is 0 Å². The van der Waals surface area contributed by atoms with Gasteiger partial charge in [-0.05, 0) is 18.3 Å². The summed E-state index contributed by atoms with van der Waals surface area (Å²) in [5, 5.41) is 0. The maximum atomic E-state index is 11.0. The molecule has 1 aliphatic carbocycles. The van der Waals surface area contributed by atoms with Crippen LogP contribution in [-0.4, -0.2) is 5.78 Å². The average molecular weight is 140 g/mol. The van der Waals surface area contributed by atoms with Gasteiger partial charge in [-0.2, -0.15) is 0 Å². The summed E-state index contributed by atoms with van der Waals surface area (Å²) >= 11 is 0. The molecular weight excluding hydrogens is 124 g/mol. The minimum absolute atomic E-state index is 0.477. The molecule has 0 saturated heterocycles. The number of ketones is 1. The van der Waals surface area contributed by atoms with Gasteiger partial charge in [-0.15, -0.1) is 0 Å². The highest BCUT2D eigenvalue weighted by Gasteiger charge is 2.22. The van der Waals surface area contributed by atoms with Crippen molar-refractivity contribution in [3.05, 3.63) is 0 Å². The smallest absolute Gasteiger partial charge is 0.133 e. The van der Waals surface area contributed by atoms with Crippen LogP contribution in [-0.2, 0) is 4.79 Å². The molecule has 1 aliphatic rings. The number of carbonyl (C=O) groups is 1. The van der Waals surface area contributed by atoms with E-state index in [-0.39, 0.29) is 0 Å². The molecule has 0 radical (unpaired) electrons. The van der Waals surface area contributed by atoms with Gasteiger partial charge in [0.05, 0.1) is 0 Å². The van der Waals surface area contributed by atoms with Crippen LogP contribution in [0.3, 0.4) is 0 Å². The van der Waals surface area contributed by atoms with E-state index < -0.39 is 0 Å². The predicted octanol–water partition coefficient (Wildman–Crippen LogP) is 2.40. The lowest BCUT2D eigenvalue weighted by atomic mass is 9.80. The van der Waals surface area contributed by atoms with E-state index in [1.54, 1.807) is 0 Å². The Morgan fingerprint density at radius 1 is 1.50 bits per heavy atom. The van der Waals surface area contributed by atoms with E-state index in [0.717, 1.165) is 12.8 Å². The first-order valence-electron chi connectivity index (χ1n) is 4.24. The topological polar surface area (TPSA) is 17.1 Å². The van der Waals surface area contributed by atoms with E-state index in [9.17, 15) is 4.79 Å². The van der Waals surface area contributed by atoms with Gasteiger partial charge in [-0.1, -0.05) is 20.3 Å². The van der Waals surface area contributed by atoms with Crippen molar-refractivity contribution in [1.29, 1.82) is 0 Å². The Balaban J connectivity index is 2.42. The number of rotatable bonds is 1. The van der Waals surface area contributed by atoms with E-state index in [0.29, 0.717) is 17.6 Å². The van der Waals surface area contributed by atoms with Gasteiger partial charge in [0.2, 0.25) is 0 Å². The minimum Gasteiger partial charge on any atom is -0.300 e. The summed E-state index contributed by atoms with van der Waals surface area (Å²) in [7, 11) is 0. The number of hydrogen-bond acceptors (Lipinski definition) is 1. The molecule has 0 bridgehead atoms. The summed E-state index contributed by atoms with van der Waals surface area (Å²) in [5.41, 5.74) is 0. The lowest BCUT2D eigenvalue weighted by Gasteiger charge is -2.24. The number of Topliss-reactive ketones (excluding diaryl/α,β-unsaturated/α-hetero) is 1. The molecule has 1 heteroatoms. The highest BCUT2D eigenvalue weighted by atomic mass is 16.1. The molecule has 58 valence electrons. The first-order chi connectivity index (χ1) is 4.72. The van der Waals surface area contributed by atoms with Crippen molar-refractivity contribution in [2.24, 2.45) is 11.8 Å². The number of carbonyl (C=O) groups excluding carboxylic acids is 1. The number of hydrogen-bond donors (Lipinski definition) is 0. The molecule has 0 aliphatic heterocycles. The summed E-state index contributed by atoms with van der Waals surface area (Å²) in [6, 6.07) is 0. The summed E-state index contributed by atoms with van der Waals surface area (Å²) in [4.78, 5) is 11.0. The van der Waals surface area contributed by atoms with E-state index in [2.05, 4.69) is 13.8 Å². The van der Waals surface area contributed by atoms with Crippen molar-refractivity contribution in [1.82, 2.24) is 0 Å². The van der Waals surface area contributed by atoms with Crippen molar-refractivity contribution in [3.8, 4) is 0 Å². The highest BCUT2D eigenvalue weighted by Crippen LogP contribution is 2.27. The van der Waals surface area contributed by atoms with Crippen LogP contribution in [0.2, 0.25) is 0 Å². The second kappa shape index (κ2) is 3.18. The van der Waals surface area contributed by atoms with Gasteiger partial charge < -0.3 is 0 Å². The van der Waals surface area contributed by atoms with E-state index in [4.69, 9.17) is 0 Å².